The summed E-state index contributed by atoms with van der Waals surface area (Å²) in [4.78, 5) is 38.9. The van der Waals surface area contributed by atoms with Crippen LogP contribution in [0.25, 0.3) is 22.2 Å². The number of piperidine rings is 1. The number of halogens is 3. The Hall–Kier alpha value is -4.51. The number of nitrogens with one attached hydrogen (secondary N) is 1. The van der Waals surface area contributed by atoms with Gasteiger partial charge in [0.1, 0.15) is 17.6 Å². The number of rotatable bonds is 11. The third kappa shape index (κ3) is 7.63. The van der Waals surface area contributed by atoms with E-state index in [4.69, 9.17) is 5.11 Å². The number of fused-ring (bicyclic) bond motifs is 1. The van der Waals surface area contributed by atoms with Crippen molar-refractivity contribution >= 4 is 44.4 Å². The molecule has 0 bridgehead atoms. The van der Waals surface area contributed by atoms with Gasteiger partial charge in [-0.15, -0.1) is 0 Å². The molecule has 0 spiro atoms. The van der Waals surface area contributed by atoms with E-state index in [-0.39, 0.29) is 31.6 Å². The van der Waals surface area contributed by atoms with E-state index in [9.17, 15) is 22.4 Å². The number of aromatic nitrogens is 2. The zero-order valence-corrected chi connectivity index (χ0v) is 30.2. The van der Waals surface area contributed by atoms with E-state index < -0.39 is 51.0 Å². The number of likely N-dealkylation sites (tertiary alicyclic amines) is 1. The summed E-state index contributed by atoms with van der Waals surface area (Å²) in [6.45, 7) is 5.99. The van der Waals surface area contributed by atoms with Crippen LogP contribution in [0, 0.1) is 17.6 Å². The second-order valence-electron chi connectivity index (χ2n) is 14.1. The molecule has 0 saturated carbocycles. The fourth-order valence-corrected chi connectivity index (χ4v) is 9.03. The maximum atomic E-state index is 15.9. The number of aliphatic carboxylic acids is 1. The Morgan fingerprint density at radius 3 is 2.32 bits per heavy atom. The lowest BCUT2D eigenvalue weighted by atomic mass is 9.96. The van der Waals surface area contributed by atoms with Crippen molar-refractivity contribution in [3.8, 4) is 11.1 Å². The van der Waals surface area contributed by atoms with E-state index in [0.717, 1.165) is 93.4 Å². The summed E-state index contributed by atoms with van der Waals surface area (Å²) in [5.74, 6) is -3.68. The fourth-order valence-electron chi connectivity index (χ4n) is 7.61. The largest absolute Gasteiger partial charge is 0.480 e. The van der Waals surface area contributed by atoms with E-state index in [0.29, 0.717) is 26.8 Å². The summed E-state index contributed by atoms with van der Waals surface area (Å²) in [5, 5.41) is 9.39. The number of anilines is 2. The smallest absolute Gasteiger partial charge is 0.317 e. The number of H-pyrrole nitrogens is 1. The zero-order valence-electron chi connectivity index (χ0n) is 29.3. The molecular formula is C37H42F3N7O5S. The normalized spacial score (nSPS) is 19.6. The lowest BCUT2D eigenvalue weighted by Crippen LogP contribution is -2.49. The number of alkyl halides is 1. The first-order chi connectivity index (χ1) is 25.4. The topological polar surface area (TPSA) is 133 Å². The van der Waals surface area contributed by atoms with E-state index in [2.05, 4.69) is 19.8 Å². The van der Waals surface area contributed by atoms with E-state index in [1.165, 1.54) is 6.20 Å². The number of ketones is 1. The molecule has 3 aliphatic heterocycles. The minimum absolute atomic E-state index is 0.0160. The molecule has 7 rings (SSSR count). The van der Waals surface area contributed by atoms with Crippen molar-refractivity contribution in [3.63, 3.8) is 0 Å². The number of nitrogens with zero attached hydrogens (tertiary/aromatic N) is 6. The van der Waals surface area contributed by atoms with Gasteiger partial charge in [0.15, 0.2) is 5.82 Å². The molecule has 2 N–H and O–H groups in total. The number of hydrogen-bond acceptors (Lipinski definition) is 8. The van der Waals surface area contributed by atoms with E-state index >= 15 is 8.78 Å². The number of carboxylic acids is 1. The highest BCUT2D eigenvalue weighted by atomic mass is 32.2. The highest BCUT2D eigenvalue weighted by Crippen LogP contribution is 2.33. The molecule has 2 aromatic carbocycles. The number of piperazine rings is 1. The maximum absolute atomic E-state index is 15.9. The molecule has 3 aliphatic rings. The van der Waals surface area contributed by atoms with E-state index in [1.54, 1.807) is 12.3 Å². The molecule has 0 unspecified atom stereocenters. The lowest BCUT2D eigenvalue weighted by Gasteiger charge is -2.39. The Morgan fingerprint density at radius 2 is 1.66 bits per heavy atom. The van der Waals surface area contributed by atoms with Crippen LogP contribution in [0.1, 0.15) is 35.2 Å². The number of aromatic amines is 1. The molecule has 4 aromatic rings. The molecule has 12 nitrogen and oxygen atoms in total. The SMILES string of the molecule is CN(c1ccc(F)c(C(=O)c2c[nH]c3ncc(-c4ccc(N5CCN(CC6CCN(CC(=O)O)CC6)CC5)cc4)cc23)c1F)S(=O)(=O)N1CC[C@@H](F)C1. The van der Waals surface area contributed by atoms with Crippen LogP contribution < -0.4 is 9.21 Å². The average molecular weight is 754 g/mol. The Kier molecular flexibility index (Phi) is 10.5. The second-order valence-corrected chi connectivity index (χ2v) is 16.0. The fraction of sp³-hybridized carbons (Fsp3) is 0.432. The van der Waals surface area contributed by atoms with Gasteiger partial charge in [-0.3, -0.25) is 23.7 Å². The van der Waals surface area contributed by atoms with Gasteiger partial charge in [-0.2, -0.15) is 12.7 Å². The predicted molar refractivity (Wildman–Crippen MR) is 195 cm³/mol. The average Bonchev–Trinajstić information content (AvgIpc) is 3.79. The molecule has 3 fully saturated rings. The van der Waals surface area contributed by atoms with Crippen LogP contribution in [-0.4, -0.2) is 128 Å². The Labute approximate surface area is 306 Å². The van der Waals surface area contributed by atoms with Crippen LogP contribution in [0.5, 0.6) is 0 Å². The molecule has 0 radical (unpaired) electrons. The highest BCUT2D eigenvalue weighted by Gasteiger charge is 2.36. The van der Waals surface area contributed by atoms with Crippen LogP contribution in [0.3, 0.4) is 0 Å². The predicted octanol–water partition coefficient (Wildman–Crippen LogP) is 4.38. The van der Waals surface area contributed by atoms with Crippen molar-refractivity contribution in [2.75, 3.05) is 81.7 Å². The Bertz CT molecular complexity index is 2100. The number of carbonyl (C=O) groups is 2. The quantitative estimate of drug-likeness (QED) is 0.214. The van der Waals surface area contributed by atoms with Crippen LogP contribution in [-0.2, 0) is 15.0 Å². The van der Waals surface area contributed by atoms with Gasteiger partial charge in [-0.05, 0) is 74.2 Å². The molecule has 5 heterocycles. The lowest BCUT2D eigenvalue weighted by molar-refractivity contribution is -0.138. The molecule has 2 aromatic heterocycles. The molecule has 0 aliphatic carbocycles. The van der Waals surface area contributed by atoms with Gasteiger partial charge in [0.2, 0.25) is 5.78 Å². The van der Waals surface area contributed by atoms with Gasteiger partial charge in [0, 0.05) is 87.5 Å². The summed E-state index contributed by atoms with van der Waals surface area (Å²) in [6.07, 6.45) is 3.68. The summed E-state index contributed by atoms with van der Waals surface area (Å²) >= 11 is 0. The van der Waals surface area contributed by atoms with Crippen molar-refractivity contribution in [2.45, 2.75) is 25.4 Å². The summed E-state index contributed by atoms with van der Waals surface area (Å²) in [7, 11) is -3.25. The number of benzene rings is 2. The van der Waals surface area contributed by atoms with Crippen LogP contribution in [0.15, 0.2) is 54.9 Å². The number of pyridine rings is 1. The minimum Gasteiger partial charge on any atom is -0.480 e. The summed E-state index contributed by atoms with van der Waals surface area (Å²) < 4.78 is 72.6. The number of carbonyl (C=O) groups excluding carboxylic acids is 1. The van der Waals surface area contributed by atoms with Gasteiger partial charge >= 0.3 is 16.2 Å². The first-order valence-corrected chi connectivity index (χ1v) is 19.2. The van der Waals surface area contributed by atoms with Gasteiger partial charge in [0.25, 0.3) is 0 Å². The first kappa shape index (κ1) is 36.8. The zero-order chi connectivity index (χ0) is 37.4. The minimum atomic E-state index is -4.33. The molecule has 1 atom stereocenters. The van der Waals surface area contributed by atoms with E-state index in [1.807, 2.05) is 29.2 Å². The number of carboxylic acid groups (broad SMARTS) is 1. The van der Waals surface area contributed by atoms with Gasteiger partial charge in [-0.1, -0.05) is 12.1 Å². The second kappa shape index (κ2) is 15.1. The number of hydrogen-bond donors (Lipinski definition) is 2. The Balaban J connectivity index is 1.03. The van der Waals surface area contributed by atoms with Crippen LogP contribution in [0.2, 0.25) is 0 Å². The standard InChI is InChI=1S/C37H42F3N7O5S/c1-43(53(51,52)47-13-10-27(38)22-47)32-7-6-31(39)34(35(32)40)36(50)30-20-42-37-29(30)18-26(19-41-37)25-2-4-28(5-3-25)46-16-14-45(15-17-46)21-24-8-11-44(12-9-24)23-33(48)49/h2-7,18-20,24,27H,8-17,21-23H2,1H3,(H,41,42)(H,48,49)/t27-/m1/s1. The molecule has 3 saturated heterocycles. The van der Waals surface area contributed by atoms with Gasteiger partial charge < -0.3 is 15.0 Å². The van der Waals surface area contributed by atoms with Crippen molar-refractivity contribution in [3.05, 3.63) is 77.6 Å². The van der Waals surface area contributed by atoms with Crippen molar-refractivity contribution in [1.29, 1.82) is 0 Å². The maximum Gasteiger partial charge on any atom is 0.317 e. The summed E-state index contributed by atoms with van der Waals surface area (Å²) in [6, 6.07) is 11.5. The third-order valence-corrected chi connectivity index (χ3v) is 12.6. The Morgan fingerprint density at radius 1 is 0.943 bits per heavy atom. The highest BCUT2D eigenvalue weighted by molar-refractivity contribution is 7.90. The van der Waals surface area contributed by atoms with Gasteiger partial charge in [0.05, 0.1) is 17.8 Å². The van der Waals surface area contributed by atoms with Crippen LogP contribution >= 0.6 is 0 Å². The summed E-state index contributed by atoms with van der Waals surface area (Å²) in [5.41, 5.74) is 1.46. The van der Waals surface area contributed by atoms with Gasteiger partial charge in [-0.25, -0.2) is 18.2 Å². The van der Waals surface area contributed by atoms with Crippen molar-refractivity contribution < 1.29 is 36.3 Å². The molecule has 16 heteroatoms. The third-order valence-electron chi connectivity index (χ3n) is 10.7. The molecule has 282 valence electrons. The monoisotopic (exact) mass is 753 g/mol. The van der Waals surface area contributed by atoms with Crippen molar-refractivity contribution in [2.24, 2.45) is 5.92 Å². The first-order valence-electron chi connectivity index (χ1n) is 17.8. The molecular weight excluding hydrogens is 712 g/mol. The van der Waals surface area contributed by atoms with Crippen LogP contribution in [0.4, 0.5) is 24.5 Å². The molecule has 0 amide bonds. The molecule has 53 heavy (non-hydrogen) atoms. The van der Waals surface area contributed by atoms with Crippen molar-refractivity contribution in [1.82, 2.24) is 24.1 Å².